The van der Waals surface area contributed by atoms with Crippen molar-refractivity contribution in [3.8, 4) is 11.5 Å². The van der Waals surface area contributed by atoms with Gasteiger partial charge in [-0.3, -0.25) is 5.10 Å². The first kappa shape index (κ1) is 15.6. The molecule has 3 rings (SSSR count). The first-order valence-corrected chi connectivity index (χ1v) is 7.66. The molecule has 5 nitrogen and oxygen atoms in total. The van der Waals surface area contributed by atoms with Gasteiger partial charge in [0.05, 0.1) is 6.10 Å². The lowest BCUT2D eigenvalue weighted by Gasteiger charge is -2.13. The number of hydrogen-bond acceptors (Lipinski definition) is 4. The summed E-state index contributed by atoms with van der Waals surface area (Å²) in [7, 11) is 0. The monoisotopic (exact) mass is 377 g/mol. The van der Waals surface area contributed by atoms with Gasteiger partial charge in [-0.05, 0) is 42.0 Å². The number of nitrogens with one attached hydrogen (secondary N) is 1. The van der Waals surface area contributed by atoms with Gasteiger partial charge >= 0.3 is 0 Å². The Morgan fingerprint density at radius 1 is 1.17 bits per heavy atom. The SMILES string of the molecule is OC(Cc1ncn[nH]1)c1ccc(Oc2ccc(F)cc2)cc1Br. The van der Waals surface area contributed by atoms with Crippen molar-refractivity contribution in [3.63, 3.8) is 0 Å². The van der Waals surface area contributed by atoms with Crippen molar-refractivity contribution >= 4 is 15.9 Å². The van der Waals surface area contributed by atoms with Crippen molar-refractivity contribution in [2.45, 2.75) is 12.5 Å². The predicted molar refractivity (Wildman–Crippen MR) is 85.7 cm³/mol. The van der Waals surface area contributed by atoms with E-state index < -0.39 is 6.10 Å². The van der Waals surface area contributed by atoms with Crippen LogP contribution in [0.2, 0.25) is 0 Å². The van der Waals surface area contributed by atoms with Gasteiger partial charge in [-0.25, -0.2) is 9.37 Å². The molecule has 1 unspecified atom stereocenters. The summed E-state index contributed by atoms with van der Waals surface area (Å²) < 4.78 is 19.2. The minimum absolute atomic E-state index is 0.315. The van der Waals surface area contributed by atoms with Crippen LogP contribution < -0.4 is 4.74 Å². The molecule has 2 N–H and O–H groups in total. The minimum Gasteiger partial charge on any atom is -0.457 e. The van der Waals surface area contributed by atoms with Crippen molar-refractivity contribution in [1.29, 1.82) is 0 Å². The molecule has 1 atom stereocenters. The predicted octanol–water partition coefficient (Wildman–Crippen LogP) is 3.77. The average molecular weight is 378 g/mol. The van der Waals surface area contributed by atoms with Crippen LogP contribution in [-0.2, 0) is 6.42 Å². The van der Waals surface area contributed by atoms with Crippen LogP contribution in [0.25, 0.3) is 0 Å². The van der Waals surface area contributed by atoms with Crippen LogP contribution in [0.5, 0.6) is 11.5 Å². The second kappa shape index (κ2) is 6.89. The highest BCUT2D eigenvalue weighted by Gasteiger charge is 2.14. The molecular formula is C16H13BrFN3O2. The van der Waals surface area contributed by atoms with Crippen molar-refractivity contribution in [3.05, 3.63) is 70.5 Å². The number of benzene rings is 2. The van der Waals surface area contributed by atoms with Crippen LogP contribution in [0.15, 0.2) is 53.3 Å². The Bertz CT molecular complexity index is 779. The summed E-state index contributed by atoms with van der Waals surface area (Å²) in [4.78, 5) is 3.99. The maximum Gasteiger partial charge on any atom is 0.137 e. The number of rotatable bonds is 5. The molecule has 0 aliphatic heterocycles. The molecule has 0 fully saturated rings. The van der Waals surface area contributed by atoms with Crippen molar-refractivity contribution in [2.75, 3.05) is 0 Å². The third-order valence-electron chi connectivity index (χ3n) is 3.23. The molecule has 0 bridgehead atoms. The van der Waals surface area contributed by atoms with Gasteiger partial charge in [0, 0.05) is 10.9 Å². The highest BCUT2D eigenvalue weighted by molar-refractivity contribution is 9.10. The summed E-state index contributed by atoms with van der Waals surface area (Å²) in [5.41, 5.74) is 0.716. The van der Waals surface area contributed by atoms with E-state index in [1.165, 1.54) is 18.5 Å². The minimum atomic E-state index is -0.725. The summed E-state index contributed by atoms with van der Waals surface area (Å²) in [5, 5.41) is 16.8. The van der Waals surface area contributed by atoms with Crippen LogP contribution >= 0.6 is 15.9 Å². The molecule has 1 aromatic heterocycles. The summed E-state index contributed by atoms with van der Waals surface area (Å²) >= 11 is 3.43. The number of ether oxygens (including phenoxy) is 1. The Kier molecular flexibility index (Phi) is 4.68. The van der Waals surface area contributed by atoms with E-state index >= 15 is 0 Å². The second-order valence-electron chi connectivity index (χ2n) is 4.89. The molecule has 0 radical (unpaired) electrons. The molecule has 7 heteroatoms. The van der Waals surface area contributed by atoms with Crippen LogP contribution in [0.3, 0.4) is 0 Å². The fraction of sp³-hybridized carbons (Fsp3) is 0.125. The first-order valence-electron chi connectivity index (χ1n) is 6.87. The molecule has 118 valence electrons. The molecule has 0 saturated carbocycles. The van der Waals surface area contributed by atoms with Gasteiger partial charge in [0.15, 0.2) is 0 Å². The Morgan fingerprint density at radius 2 is 1.91 bits per heavy atom. The fourth-order valence-electron chi connectivity index (χ4n) is 2.10. The first-order chi connectivity index (χ1) is 11.1. The Labute approximate surface area is 140 Å². The highest BCUT2D eigenvalue weighted by Crippen LogP contribution is 2.31. The quantitative estimate of drug-likeness (QED) is 0.709. The zero-order valence-electron chi connectivity index (χ0n) is 11.9. The van der Waals surface area contributed by atoms with Crippen molar-refractivity contribution in [2.24, 2.45) is 0 Å². The van der Waals surface area contributed by atoms with Crippen LogP contribution in [0, 0.1) is 5.82 Å². The van der Waals surface area contributed by atoms with Gasteiger partial charge in [0.2, 0.25) is 0 Å². The maximum atomic E-state index is 12.9. The lowest BCUT2D eigenvalue weighted by molar-refractivity contribution is 0.175. The second-order valence-corrected chi connectivity index (χ2v) is 5.75. The highest BCUT2D eigenvalue weighted by atomic mass is 79.9. The fourth-order valence-corrected chi connectivity index (χ4v) is 2.72. The number of H-pyrrole nitrogens is 1. The van der Waals surface area contributed by atoms with Crippen molar-refractivity contribution < 1.29 is 14.2 Å². The number of nitrogens with zero attached hydrogens (tertiary/aromatic N) is 2. The molecule has 0 spiro atoms. The summed E-state index contributed by atoms with van der Waals surface area (Å²) in [6.45, 7) is 0. The number of aromatic amines is 1. The average Bonchev–Trinajstić information content (AvgIpc) is 3.02. The molecule has 1 heterocycles. The van der Waals surface area contributed by atoms with Crippen LogP contribution in [0.1, 0.15) is 17.5 Å². The number of aliphatic hydroxyl groups is 1. The van der Waals surface area contributed by atoms with Crippen molar-refractivity contribution in [1.82, 2.24) is 15.2 Å². The molecule has 0 saturated heterocycles. The Hall–Kier alpha value is -2.25. The van der Waals surface area contributed by atoms with E-state index in [4.69, 9.17) is 4.74 Å². The van der Waals surface area contributed by atoms with Gasteiger partial charge in [0.25, 0.3) is 0 Å². The lowest BCUT2D eigenvalue weighted by Crippen LogP contribution is -2.04. The van der Waals surface area contributed by atoms with E-state index in [2.05, 4.69) is 31.1 Å². The molecule has 3 aromatic rings. The number of hydrogen-bond donors (Lipinski definition) is 2. The summed E-state index contributed by atoms with van der Waals surface area (Å²) in [5.74, 6) is 1.41. The molecule has 0 aliphatic carbocycles. The van der Waals surface area contributed by atoms with Gasteiger partial charge in [-0.15, -0.1) is 0 Å². The van der Waals surface area contributed by atoms with Gasteiger partial charge in [-0.1, -0.05) is 22.0 Å². The maximum absolute atomic E-state index is 12.9. The largest absolute Gasteiger partial charge is 0.457 e. The van der Waals surface area contributed by atoms with E-state index in [0.717, 1.165) is 0 Å². The zero-order valence-corrected chi connectivity index (χ0v) is 13.5. The van der Waals surface area contributed by atoms with Gasteiger partial charge < -0.3 is 9.84 Å². The van der Waals surface area contributed by atoms with E-state index in [1.54, 1.807) is 30.3 Å². The number of aliphatic hydroxyl groups excluding tert-OH is 1. The summed E-state index contributed by atoms with van der Waals surface area (Å²) in [6, 6.07) is 11.0. The normalized spacial score (nSPS) is 12.1. The third-order valence-corrected chi connectivity index (χ3v) is 3.92. The number of halogens is 2. The standard InChI is InChI=1S/C16H13BrFN3O2/c17-14-7-12(23-11-3-1-10(18)2-4-11)5-6-13(14)15(22)8-16-19-9-20-21-16/h1-7,9,15,22H,8H2,(H,19,20,21). The lowest BCUT2D eigenvalue weighted by atomic mass is 10.1. The molecule has 0 amide bonds. The van der Waals surface area contributed by atoms with E-state index in [9.17, 15) is 9.50 Å². The van der Waals surface area contributed by atoms with Gasteiger partial charge in [0.1, 0.15) is 29.5 Å². The van der Waals surface area contributed by atoms with Gasteiger partial charge in [-0.2, -0.15) is 5.10 Å². The molecule has 0 aliphatic rings. The topological polar surface area (TPSA) is 71.0 Å². The Morgan fingerprint density at radius 3 is 2.57 bits per heavy atom. The Balaban J connectivity index is 1.73. The smallest absolute Gasteiger partial charge is 0.137 e. The van der Waals surface area contributed by atoms with E-state index in [1.807, 2.05) is 0 Å². The third kappa shape index (κ3) is 3.94. The molecule has 23 heavy (non-hydrogen) atoms. The van der Waals surface area contributed by atoms with Crippen LogP contribution in [-0.4, -0.2) is 20.3 Å². The zero-order chi connectivity index (χ0) is 16.2. The molecule has 2 aromatic carbocycles. The number of aromatic nitrogens is 3. The molecular weight excluding hydrogens is 365 g/mol. The van der Waals surface area contributed by atoms with E-state index in [0.29, 0.717) is 33.8 Å². The van der Waals surface area contributed by atoms with Crippen LogP contribution in [0.4, 0.5) is 4.39 Å². The summed E-state index contributed by atoms with van der Waals surface area (Å²) in [6.07, 6.45) is 1.00. The van der Waals surface area contributed by atoms with E-state index in [-0.39, 0.29) is 5.82 Å².